The van der Waals surface area contributed by atoms with E-state index in [1.807, 2.05) is 24.3 Å². The van der Waals surface area contributed by atoms with Gasteiger partial charge in [0, 0.05) is 42.9 Å². The van der Waals surface area contributed by atoms with Crippen LogP contribution in [0.4, 0.5) is 5.69 Å². The van der Waals surface area contributed by atoms with Gasteiger partial charge in [0.05, 0.1) is 0 Å². The molecule has 4 nitrogen and oxygen atoms in total. The highest BCUT2D eigenvalue weighted by atomic mass is 79.9. The molecule has 1 saturated heterocycles. The number of β-amino-alcohol motifs (C(OH)–C–C–N with tert-alkyl or cyclic N) is 1. The van der Waals surface area contributed by atoms with Gasteiger partial charge in [0.25, 0.3) is 0 Å². The van der Waals surface area contributed by atoms with E-state index < -0.39 is 6.10 Å². The minimum absolute atomic E-state index is 0.319. The molecule has 0 amide bonds. The number of rotatable bonds is 6. The van der Waals surface area contributed by atoms with Gasteiger partial charge in [-0.05, 0) is 43.3 Å². The maximum Gasteiger partial charge on any atom is 0.119 e. The molecule has 1 atom stereocenters. The first-order valence-electron chi connectivity index (χ1n) is 8.70. The van der Waals surface area contributed by atoms with Crippen molar-refractivity contribution in [1.82, 2.24) is 4.90 Å². The van der Waals surface area contributed by atoms with Crippen molar-refractivity contribution < 1.29 is 9.84 Å². The van der Waals surface area contributed by atoms with Crippen molar-refractivity contribution in [3.8, 4) is 5.75 Å². The van der Waals surface area contributed by atoms with Crippen molar-refractivity contribution in [2.24, 2.45) is 0 Å². The third kappa shape index (κ3) is 5.46. The molecule has 0 saturated carbocycles. The number of hydrogen-bond acceptors (Lipinski definition) is 4. The van der Waals surface area contributed by atoms with Crippen molar-refractivity contribution in [2.75, 3.05) is 44.2 Å². The molecule has 0 aliphatic carbocycles. The molecule has 5 heteroatoms. The van der Waals surface area contributed by atoms with Gasteiger partial charge >= 0.3 is 0 Å². The quantitative estimate of drug-likeness (QED) is 0.800. The Labute approximate surface area is 158 Å². The molecule has 134 valence electrons. The molecule has 1 aliphatic rings. The van der Waals surface area contributed by atoms with Crippen molar-refractivity contribution in [3.63, 3.8) is 0 Å². The van der Waals surface area contributed by atoms with E-state index in [0.29, 0.717) is 13.2 Å². The lowest BCUT2D eigenvalue weighted by molar-refractivity contribution is 0.0663. The Morgan fingerprint density at radius 3 is 2.28 bits per heavy atom. The highest BCUT2D eigenvalue weighted by molar-refractivity contribution is 9.10. The third-order valence-corrected chi connectivity index (χ3v) is 5.03. The van der Waals surface area contributed by atoms with Crippen LogP contribution in [0.15, 0.2) is 53.0 Å². The Bertz CT molecular complexity index is 652. The van der Waals surface area contributed by atoms with Gasteiger partial charge in [0.1, 0.15) is 18.5 Å². The van der Waals surface area contributed by atoms with E-state index in [2.05, 4.69) is 56.9 Å². The van der Waals surface area contributed by atoms with E-state index in [1.54, 1.807) is 0 Å². The standard InChI is InChI=1S/C20H25BrN2O2/c1-16-2-6-18(7-3-16)23-12-10-22(11-13-23)14-19(24)15-25-20-8-4-17(21)5-9-20/h2-9,19,24H,10-15H2,1H3. The van der Waals surface area contributed by atoms with Crippen LogP contribution in [0.5, 0.6) is 5.75 Å². The minimum Gasteiger partial charge on any atom is -0.491 e. The first-order chi connectivity index (χ1) is 12.1. The van der Waals surface area contributed by atoms with Crippen molar-refractivity contribution in [1.29, 1.82) is 0 Å². The first-order valence-corrected chi connectivity index (χ1v) is 9.50. The fourth-order valence-corrected chi connectivity index (χ4v) is 3.28. The molecular weight excluding hydrogens is 380 g/mol. The molecule has 2 aromatic carbocycles. The molecule has 1 aliphatic heterocycles. The van der Waals surface area contributed by atoms with Gasteiger partial charge < -0.3 is 14.7 Å². The van der Waals surface area contributed by atoms with Gasteiger partial charge in [0.15, 0.2) is 0 Å². The average molecular weight is 405 g/mol. The van der Waals surface area contributed by atoms with Crippen LogP contribution < -0.4 is 9.64 Å². The Balaban J connectivity index is 1.40. The van der Waals surface area contributed by atoms with Crippen molar-refractivity contribution in [2.45, 2.75) is 13.0 Å². The van der Waals surface area contributed by atoms with Crippen molar-refractivity contribution >= 4 is 21.6 Å². The predicted molar refractivity (Wildman–Crippen MR) is 105 cm³/mol. The second-order valence-electron chi connectivity index (χ2n) is 6.54. The van der Waals surface area contributed by atoms with E-state index in [4.69, 9.17) is 4.74 Å². The molecule has 0 radical (unpaired) electrons. The zero-order valence-corrected chi connectivity index (χ0v) is 16.2. The largest absolute Gasteiger partial charge is 0.491 e. The lowest BCUT2D eigenvalue weighted by atomic mass is 10.2. The summed E-state index contributed by atoms with van der Waals surface area (Å²) in [6.07, 6.45) is -0.477. The van der Waals surface area contributed by atoms with Crippen LogP contribution in [0, 0.1) is 6.92 Å². The molecule has 1 unspecified atom stereocenters. The SMILES string of the molecule is Cc1ccc(N2CCN(CC(O)COc3ccc(Br)cc3)CC2)cc1. The van der Waals surface area contributed by atoms with Crippen LogP contribution in [0.1, 0.15) is 5.56 Å². The number of ether oxygens (including phenoxy) is 1. The average Bonchev–Trinajstić information content (AvgIpc) is 2.63. The van der Waals surface area contributed by atoms with E-state index in [0.717, 1.165) is 36.4 Å². The number of piperazine rings is 1. The summed E-state index contributed by atoms with van der Waals surface area (Å²) < 4.78 is 6.68. The summed E-state index contributed by atoms with van der Waals surface area (Å²) >= 11 is 3.40. The summed E-state index contributed by atoms with van der Waals surface area (Å²) in [5.74, 6) is 0.784. The second kappa shape index (κ2) is 8.70. The zero-order valence-electron chi connectivity index (χ0n) is 14.6. The number of nitrogens with zero attached hydrogens (tertiary/aromatic N) is 2. The molecule has 1 fully saturated rings. The molecule has 1 N–H and O–H groups in total. The number of aliphatic hydroxyl groups excluding tert-OH is 1. The summed E-state index contributed by atoms with van der Waals surface area (Å²) in [5, 5.41) is 10.2. The molecule has 1 heterocycles. The van der Waals surface area contributed by atoms with Gasteiger partial charge in [-0.25, -0.2) is 0 Å². The van der Waals surface area contributed by atoms with Gasteiger partial charge in [-0.1, -0.05) is 33.6 Å². The summed E-state index contributed by atoms with van der Waals surface area (Å²) in [6, 6.07) is 16.4. The minimum atomic E-state index is -0.477. The van der Waals surface area contributed by atoms with Crippen LogP contribution in [-0.4, -0.2) is 55.4 Å². The van der Waals surface area contributed by atoms with Crippen LogP contribution in [0.3, 0.4) is 0 Å². The Morgan fingerprint density at radius 2 is 1.64 bits per heavy atom. The maximum absolute atomic E-state index is 10.2. The van der Waals surface area contributed by atoms with E-state index in [9.17, 15) is 5.11 Å². The third-order valence-electron chi connectivity index (χ3n) is 4.50. The number of anilines is 1. The lowest BCUT2D eigenvalue weighted by Gasteiger charge is -2.36. The van der Waals surface area contributed by atoms with Crippen LogP contribution >= 0.6 is 15.9 Å². The van der Waals surface area contributed by atoms with E-state index >= 15 is 0 Å². The zero-order chi connectivity index (χ0) is 17.6. The Hall–Kier alpha value is -1.56. The number of halogens is 1. The molecule has 3 rings (SSSR count). The maximum atomic E-state index is 10.2. The van der Waals surface area contributed by atoms with Crippen LogP contribution in [0.25, 0.3) is 0 Å². The highest BCUT2D eigenvalue weighted by Gasteiger charge is 2.19. The smallest absolute Gasteiger partial charge is 0.119 e. The van der Waals surface area contributed by atoms with Gasteiger partial charge in [-0.15, -0.1) is 0 Å². The number of benzene rings is 2. The predicted octanol–water partition coefficient (Wildman–Crippen LogP) is 3.32. The van der Waals surface area contributed by atoms with Gasteiger partial charge in [-0.3, -0.25) is 4.90 Å². The topological polar surface area (TPSA) is 35.9 Å². The fourth-order valence-electron chi connectivity index (χ4n) is 3.02. The summed E-state index contributed by atoms with van der Waals surface area (Å²) in [5.41, 5.74) is 2.57. The number of aliphatic hydroxyl groups is 1. The van der Waals surface area contributed by atoms with Gasteiger partial charge in [-0.2, -0.15) is 0 Å². The normalized spacial score (nSPS) is 16.7. The van der Waals surface area contributed by atoms with E-state index in [-0.39, 0.29) is 0 Å². The monoisotopic (exact) mass is 404 g/mol. The number of aryl methyl sites for hydroxylation is 1. The number of hydrogen-bond donors (Lipinski definition) is 1. The molecular formula is C20H25BrN2O2. The van der Waals surface area contributed by atoms with Gasteiger partial charge in [0.2, 0.25) is 0 Å². The summed E-state index contributed by atoms with van der Waals surface area (Å²) in [6.45, 7) is 6.98. The van der Waals surface area contributed by atoms with Crippen LogP contribution in [0.2, 0.25) is 0 Å². The fraction of sp³-hybridized carbons (Fsp3) is 0.400. The Morgan fingerprint density at radius 1 is 1.00 bits per heavy atom. The first kappa shape index (κ1) is 18.2. The Kier molecular flexibility index (Phi) is 6.34. The second-order valence-corrected chi connectivity index (χ2v) is 7.46. The van der Waals surface area contributed by atoms with Crippen LogP contribution in [-0.2, 0) is 0 Å². The molecule has 0 spiro atoms. The molecule has 25 heavy (non-hydrogen) atoms. The summed E-state index contributed by atoms with van der Waals surface area (Å²) in [7, 11) is 0. The highest BCUT2D eigenvalue weighted by Crippen LogP contribution is 2.18. The molecule has 2 aromatic rings. The van der Waals surface area contributed by atoms with E-state index in [1.165, 1.54) is 11.3 Å². The molecule has 0 aromatic heterocycles. The molecule has 0 bridgehead atoms. The lowest BCUT2D eigenvalue weighted by Crippen LogP contribution is -2.49. The summed E-state index contributed by atoms with van der Waals surface area (Å²) in [4.78, 5) is 4.71. The van der Waals surface area contributed by atoms with Crippen molar-refractivity contribution in [3.05, 3.63) is 58.6 Å².